The molecule has 1 amide bonds. The van der Waals surface area contributed by atoms with Crippen molar-refractivity contribution >= 4 is 37.8 Å². The Hall–Kier alpha value is -2.43. The number of anilines is 2. The van der Waals surface area contributed by atoms with E-state index in [2.05, 4.69) is 64.2 Å². The van der Waals surface area contributed by atoms with E-state index in [9.17, 15) is 4.79 Å². The zero-order valence-corrected chi connectivity index (χ0v) is 28.9. The molecule has 0 N–H and O–H groups in total. The lowest BCUT2D eigenvalue weighted by molar-refractivity contribution is 0.0283. The summed E-state index contributed by atoms with van der Waals surface area (Å²) in [7, 11) is -0.309. The van der Waals surface area contributed by atoms with Crippen molar-refractivity contribution < 1.29 is 14.0 Å². The number of ether oxygens (including phenoxy) is 1. The maximum Gasteiger partial charge on any atom is 0.410 e. The first-order valence-electron chi connectivity index (χ1n) is 14.2. The third kappa shape index (κ3) is 7.51. The predicted molar refractivity (Wildman–Crippen MR) is 172 cm³/mol. The Balaban J connectivity index is 2.08. The molecule has 0 unspecified atom stereocenters. The molecule has 0 bridgehead atoms. The van der Waals surface area contributed by atoms with Gasteiger partial charge in [-0.3, -0.25) is 0 Å². The molecule has 0 aromatic carbocycles. The highest BCUT2D eigenvalue weighted by Gasteiger charge is 2.52. The van der Waals surface area contributed by atoms with Crippen LogP contribution < -0.4 is 4.90 Å². The maximum atomic E-state index is 12.6. The van der Waals surface area contributed by atoms with Crippen molar-refractivity contribution in [3.8, 4) is 0 Å². The lowest BCUT2D eigenvalue weighted by Gasteiger charge is -2.42. The third-order valence-electron chi connectivity index (χ3n) is 8.04. The number of hydrogen-bond donors (Lipinski definition) is 0. The predicted octanol–water partition coefficient (Wildman–Crippen LogP) is 7.73. The standard InChI is InChI=1S/C31H49N5O3SSi/c1-21(2)17-24-31(9,20-38-41(12,13)30(6,7)8)23-18-32-27(40-11)34-26(23)36(24)25-16-14-15-22(33-25)19-35(10)28(37)39-29(3,4)5/h14-16,18,24H,1,17,19-20H2,2-13H3/t24-,31-/m1/s1. The molecule has 2 aromatic heterocycles. The number of pyridine rings is 1. The van der Waals surface area contributed by atoms with E-state index in [1.165, 1.54) is 11.8 Å². The molecule has 1 aliphatic rings. The van der Waals surface area contributed by atoms with Crippen molar-refractivity contribution in [1.29, 1.82) is 0 Å². The van der Waals surface area contributed by atoms with Crippen LogP contribution in [-0.2, 0) is 21.1 Å². The van der Waals surface area contributed by atoms with Crippen LogP contribution in [0.25, 0.3) is 0 Å². The molecule has 0 saturated carbocycles. The molecule has 0 radical (unpaired) electrons. The molecule has 0 fully saturated rings. The van der Waals surface area contributed by atoms with E-state index in [1.807, 2.05) is 51.4 Å². The van der Waals surface area contributed by atoms with Gasteiger partial charge in [0.1, 0.15) is 17.2 Å². The first kappa shape index (κ1) is 33.1. The van der Waals surface area contributed by atoms with Gasteiger partial charge in [-0.15, -0.1) is 6.58 Å². The molecule has 1 aliphatic heterocycles. The summed E-state index contributed by atoms with van der Waals surface area (Å²) in [4.78, 5) is 31.2. The SMILES string of the molecule is C=C(C)C[C@H]1N(c2cccc(CN(C)C(=O)OC(C)(C)C)n2)c2nc(SC)ncc2[C@@]1(C)CO[Si](C)(C)C(C)(C)C. The largest absolute Gasteiger partial charge is 0.444 e. The molecule has 2 atom stereocenters. The van der Waals surface area contributed by atoms with Crippen molar-refractivity contribution in [2.75, 3.05) is 24.8 Å². The van der Waals surface area contributed by atoms with Gasteiger partial charge in [0, 0.05) is 30.8 Å². The molecule has 3 rings (SSSR count). The minimum absolute atomic E-state index is 0.0301. The zero-order chi connectivity index (χ0) is 31.0. The topological polar surface area (TPSA) is 80.7 Å². The smallest absolute Gasteiger partial charge is 0.410 e. The van der Waals surface area contributed by atoms with E-state index in [1.54, 1.807) is 11.9 Å². The van der Waals surface area contributed by atoms with Gasteiger partial charge in [0.15, 0.2) is 13.5 Å². The van der Waals surface area contributed by atoms with Crippen LogP contribution >= 0.6 is 11.8 Å². The fourth-order valence-electron chi connectivity index (χ4n) is 4.63. The van der Waals surface area contributed by atoms with Gasteiger partial charge in [0.05, 0.1) is 18.3 Å². The summed E-state index contributed by atoms with van der Waals surface area (Å²) in [5.74, 6) is 1.62. The van der Waals surface area contributed by atoms with E-state index in [4.69, 9.17) is 19.1 Å². The highest BCUT2D eigenvalue weighted by Crippen LogP contribution is 2.50. The lowest BCUT2D eigenvalue weighted by atomic mass is 9.78. The first-order valence-corrected chi connectivity index (χ1v) is 18.3. The van der Waals surface area contributed by atoms with Gasteiger partial charge < -0.3 is 19.0 Å². The summed E-state index contributed by atoms with van der Waals surface area (Å²) in [6.07, 6.45) is 4.31. The van der Waals surface area contributed by atoms with Gasteiger partial charge in [0.25, 0.3) is 0 Å². The Morgan fingerprint density at radius 3 is 2.41 bits per heavy atom. The van der Waals surface area contributed by atoms with Crippen molar-refractivity contribution in [3.05, 3.63) is 47.8 Å². The molecule has 8 nitrogen and oxygen atoms in total. The number of carbonyl (C=O) groups is 1. The molecule has 0 aliphatic carbocycles. The van der Waals surface area contributed by atoms with Crippen LogP contribution in [0.2, 0.25) is 18.1 Å². The highest BCUT2D eigenvalue weighted by molar-refractivity contribution is 7.98. The summed E-state index contributed by atoms with van der Waals surface area (Å²) in [5, 5.41) is 0.794. The number of aromatic nitrogens is 3. The molecule has 0 saturated heterocycles. The fourth-order valence-corrected chi connectivity index (χ4v) is 6.06. The quantitative estimate of drug-likeness (QED) is 0.125. The lowest BCUT2D eigenvalue weighted by Crippen LogP contribution is -2.49. The van der Waals surface area contributed by atoms with Gasteiger partial charge in [-0.25, -0.2) is 19.7 Å². The maximum absolute atomic E-state index is 12.6. The average Bonchev–Trinajstić information content (AvgIpc) is 3.08. The van der Waals surface area contributed by atoms with Crippen LogP contribution in [0.5, 0.6) is 0 Å². The molecule has 3 heterocycles. The Kier molecular flexibility index (Phi) is 9.72. The summed E-state index contributed by atoms with van der Waals surface area (Å²) >= 11 is 1.52. The number of carbonyl (C=O) groups excluding carboxylic acids is 1. The van der Waals surface area contributed by atoms with E-state index >= 15 is 0 Å². The number of fused-ring (bicyclic) bond motifs is 1. The normalized spacial score (nSPS) is 19.2. The number of rotatable bonds is 9. The van der Waals surface area contributed by atoms with Gasteiger partial charge in [-0.05, 0) is 70.6 Å². The molecule has 226 valence electrons. The van der Waals surface area contributed by atoms with Gasteiger partial charge >= 0.3 is 6.09 Å². The van der Waals surface area contributed by atoms with Crippen LogP contribution in [0.4, 0.5) is 16.4 Å². The summed E-state index contributed by atoms with van der Waals surface area (Å²) in [5.41, 5.74) is 1.92. The van der Waals surface area contributed by atoms with Crippen LogP contribution in [0.1, 0.15) is 73.1 Å². The van der Waals surface area contributed by atoms with E-state index in [-0.39, 0.29) is 17.2 Å². The Morgan fingerprint density at radius 1 is 1.20 bits per heavy atom. The van der Waals surface area contributed by atoms with Gasteiger partial charge in [-0.2, -0.15) is 0 Å². The summed E-state index contributed by atoms with van der Waals surface area (Å²) < 4.78 is 12.4. The fraction of sp³-hybridized carbons (Fsp3) is 0.613. The van der Waals surface area contributed by atoms with Crippen molar-refractivity contribution in [3.63, 3.8) is 0 Å². The van der Waals surface area contributed by atoms with Gasteiger partial charge in [0.2, 0.25) is 0 Å². The molecule has 0 spiro atoms. The summed E-state index contributed by atoms with van der Waals surface area (Å²) in [6.45, 7) is 26.4. The van der Waals surface area contributed by atoms with Crippen molar-refractivity contribution in [2.45, 2.75) is 109 Å². The van der Waals surface area contributed by atoms with Gasteiger partial charge in [-0.1, -0.05) is 51.1 Å². The molecule has 10 heteroatoms. The number of hydrogen-bond acceptors (Lipinski definition) is 8. The van der Waals surface area contributed by atoms with Crippen molar-refractivity contribution in [2.24, 2.45) is 0 Å². The number of thioether (sulfide) groups is 1. The minimum atomic E-state index is -2.04. The number of nitrogens with zero attached hydrogens (tertiary/aromatic N) is 5. The Labute approximate surface area is 252 Å². The second-order valence-corrected chi connectivity index (χ2v) is 19.5. The number of amides is 1. The van der Waals surface area contributed by atoms with Crippen LogP contribution in [0.3, 0.4) is 0 Å². The minimum Gasteiger partial charge on any atom is -0.444 e. The summed E-state index contributed by atoms with van der Waals surface area (Å²) in [6, 6.07) is 5.89. The molecule has 41 heavy (non-hydrogen) atoms. The van der Waals surface area contributed by atoms with Crippen molar-refractivity contribution in [1.82, 2.24) is 19.9 Å². The second-order valence-electron chi connectivity index (χ2n) is 13.9. The zero-order valence-electron chi connectivity index (χ0n) is 27.1. The Bertz CT molecular complexity index is 1270. The molecular formula is C31H49N5O3SSi. The van der Waals surface area contributed by atoms with Crippen LogP contribution in [0, 0.1) is 0 Å². The van der Waals surface area contributed by atoms with Crippen LogP contribution in [-0.4, -0.2) is 65.8 Å². The molecular weight excluding hydrogens is 551 g/mol. The highest BCUT2D eigenvalue weighted by atomic mass is 32.2. The Morgan fingerprint density at radius 2 is 1.85 bits per heavy atom. The average molecular weight is 600 g/mol. The van der Waals surface area contributed by atoms with Crippen LogP contribution in [0.15, 0.2) is 41.7 Å². The molecule has 2 aromatic rings. The monoisotopic (exact) mass is 599 g/mol. The first-order chi connectivity index (χ1) is 18.8. The second kappa shape index (κ2) is 12.0. The van der Waals surface area contributed by atoms with E-state index in [0.29, 0.717) is 18.3 Å². The van der Waals surface area contributed by atoms with E-state index in [0.717, 1.165) is 34.9 Å². The van der Waals surface area contributed by atoms with E-state index < -0.39 is 19.3 Å². The third-order valence-corrected chi connectivity index (χ3v) is 13.1.